The van der Waals surface area contributed by atoms with Gasteiger partial charge in [0, 0.05) is 14.1 Å². The van der Waals surface area contributed by atoms with Gasteiger partial charge in [-0.15, -0.1) is 0 Å². The molecule has 96 valence electrons. The number of H-pyrrole nitrogens is 1. The summed E-state index contributed by atoms with van der Waals surface area (Å²) >= 11 is 6.68. The molecule has 2 aromatic rings. The van der Waals surface area contributed by atoms with Gasteiger partial charge in [0.25, 0.3) is 5.91 Å². The summed E-state index contributed by atoms with van der Waals surface area (Å²) in [5.74, 6) is -0.132. The smallest absolute Gasteiger partial charge is 0.273 e. The highest BCUT2D eigenvalue weighted by molar-refractivity contribution is 9.10. The predicted molar refractivity (Wildman–Crippen MR) is 73.0 cm³/mol. The van der Waals surface area contributed by atoms with Crippen molar-refractivity contribution in [2.75, 3.05) is 7.05 Å². The normalized spacial score (nSPS) is 10.7. The van der Waals surface area contributed by atoms with E-state index in [1.54, 1.807) is 29.0 Å². The van der Waals surface area contributed by atoms with Crippen molar-refractivity contribution in [3.05, 3.63) is 32.7 Å². The maximum Gasteiger partial charge on any atom is 0.273 e. The maximum absolute atomic E-state index is 12.2. The van der Waals surface area contributed by atoms with Gasteiger partial charge in [-0.2, -0.15) is 10.2 Å². The lowest BCUT2D eigenvalue weighted by Gasteiger charge is -2.16. The number of nitrogens with zero attached hydrogens (tertiary/aromatic N) is 4. The Labute approximate surface area is 121 Å². The Balaban J connectivity index is 2.16. The molecule has 1 N–H and O–H groups in total. The third-order valence-electron chi connectivity index (χ3n) is 2.55. The van der Waals surface area contributed by atoms with Gasteiger partial charge in [-0.1, -0.05) is 0 Å². The second kappa shape index (κ2) is 5.23. The van der Waals surface area contributed by atoms with Gasteiger partial charge in [0.1, 0.15) is 5.69 Å². The van der Waals surface area contributed by atoms with Crippen molar-refractivity contribution in [3.63, 3.8) is 0 Å². The number of rotatable bonds is 3. The minimum absolute atomic E-state index is 0.132. The summed E-state index contributed by atoms with van der Waals surface area (Å²) in [6.45, 7) is 0.460. The summed E-state index contributed by atoms with van der Waals surface area (Å²) in [4.78, 5) is 13.8. The molecule has 0 spiro atoms. The largest absolute Gasteiger partial charge is 0.334 e. The highest BCUT2D eigenvalue weighted by Crippen LogP contribution is 2.19. The Hall–Kier alpha value is -1.15. The van der Waals surface area contributed by atoms with Crippen molar-refractivity contribution in [2.45, 2.75) is 6.54 Å². The Bertz CT molecular complexity index is 557. The minimum Gasteiger partial charge on any atom is -0.334 e. The molecule has 0 aliphatic heterocycles. The zero-order valence-electron chi connectivity index (χ0n) is 9.81. The minimum atomic E-state index is -0.132. The van der Waals surface area contributed by atoms with E-state index in [9.17, 15) is 4.79 Å². The molecule has 0 unspecified atom stereocenters. The quantitative estimate of drug-likeness (QED) is 0.890. The molecule has 0 fully saturated rings. The molecule has 2 aromatic heterocycles. The van der Waals surface area contributed by atoms with Crippen LogP contribution in [0.5, 0.6) is 0 Å². The number of carbonyl (C=O) groups is 1. The lowest BCUT2D eigenvalue weighted by Crippen LogP contribution is -2.28. The van der Waals surface area contributed by atoms with Gasteiger partial charge in [0.2, 0.25) is 0 Å². The molecular formula is C10H11Br2N5O. The van der Waals surface area contributed by atoms with Crippen LogP contribution in [0.15, 0.2) is 21.3 Å². The first kappa shape index (κ1) is 13.3. The van der Waals surface area contributed by atoms with E-state index in [0.29, 0.717) is 16.7 Å². The van der Waals surface area contributed by atoms with Crippen LogP contribution >= 0.6 is 31.9 Å². The van der Waals surface area contributed by atoms with Gasteiger partial charge >= 0.3 is 0 Å². The molecule has 0 radical (unpaired) electrons. The van der Waals surface area contributed by atoms with Crippen molar-refractivity contribution in [1.29, 1.82) is 0 Å². The van der Waals surface area contributed by atoms with Crippen LogP contribution in [-0.2, 0) is 13.6 Å². The zero-order valence-corrected chi connectivity index (χ0v) is 13.0. The molecule has 1 amide bonds. The molecule has 0 saturated carbocycles. The molecule has 18 heavy (non-hydrogen) atoms. The van der Waals surface area contributed by atoms with Crippen molar-refractivity contribution >= 4 is 37.8 Å². The number of carbonyl (C=O) groups excluding carboxylic acids is 1. The number of hydrogen-bond donors (Lipinski definition) is 1. The van der Waals surface area contributed by atoms with Crippen LogP contribution in [0, 0.1) is 0 Å². The first-order valence-electron chi connectivity index (χ1n) is 5.11. The van der Waals surface area contributed by atoms with E-state index in [1.807, 2.05) is 7.05 Å². The average Bonchev–Trinajstić information content (AvgIpc) is 2.88. The second-order valence-corrected chi connectivity index (χ2v) is 5.53. The molecule has 0 bridgehead atoms. The van der Waals surface area contributed by atoms with Crippen LogP contribution in [0.1, 0.15) is 16.2 Å². The zero-order chi connectivity index (χ0) is 13.3. The van der Waals surface area contributed by atoms with Crippen LogP contribution in [-0.4, -0.2) is 37.8 Å². The van der Waals surface area contributed by atoms with E-state index < -0.39 is 0 Å². The van der Waals surface area contributed by atoms with E-state index in [1.165, 1.54) is 0 Å². The topological polar surface area (TPSA) is 66.8 Å². The third kappa shape index (κ3) is 2.49. The second-order valence-electron chi connectivity index (χ2n) is 3.82. The van der Waals surface area contributed by atoms with Crippen LogP contribution in [0.25, 0.3) is 0 Å². The summed E-state index contributed by atoms with van der Waals surface area (Å²) in [7, 11) is 3.57. The van der Waals surface area contributed by atoms with Crippen LogP contribution in [0.3, 0.4) is 0 Å². The standard InChI is InChI=1S/C10H11Br2N5O/c1-16(5-8-6(11)4-14-17(8)2)10(18)9-7(12)3-13-15-9/h3-4H,5H2,1-2H3,(H,13,15). The van der Waals surface area contributed by atoms with E-state index in [4.69, 9.17) is 0 Å². The highest BCUT2D eigenvalue weighted by atomic mass is 79.9. The lowest BCUT2D eigenvalue weighted by atomic mass is 10.3. The van der Waals surface area contributed by atoms with E-state index in [2.05, 4.69) is 47.2 Å². The predicted octanol–water partition coefficient (Wildman–Crippen LogP) is 1.94. The summed E-state index contributed by atoms with van der Waals surface area (Å²) in [6.07, 6.45) is 3.26. The molecular weight excluding hydrogens is 366 g/mol. The van der Waals surface area contributed by atoms with Gasteiger partial charge in [-0.05, 0) is 31.9 Å². The lowest BCUT2D eigenvalue weighted by molar-refractivity contribution is 0.0775. The third-order valence-corrected chi connectivity index (χ3v) is 3.81. The number of aromatic amines is 1. The van der Waals surface area contributed by atoms with Crippen molar-refractivity contribution in [3.8, 4) is 0 Å². The SMILES string of the molecule is CN(Cc1c(Br)cnn1C)C(=O)c1[nH]ncc1Br. The number of amides is 1. The summed E-state index contributed by atoms with van der Waals surface area (Å²) < 4.78 is 3.27. The Morgan fingerprint density at radius 3 is 2.67 bits per heavy atom. The molecule has 0 aromatic carbocycles. The number of nitrogens with one attached hydrogen (secondary N) is 1. The maximum atomic E-state index is 12.2. The number of halogens is 2. The van der Waals surface area contributed by atoms with Gasteiger partial charge in [0.05, 0.1) is 33.6 Å². The summed E-state index contributed by atoms with van der Waals surface area (Å²) in [6, 6.07) is 0. The first-order valence-corrected chi connectivity index (χ1v) is 6.70. The fourth-order valence-corrected chi connectivity index (χ4v) is 2.36. The Morgan fingerprint density at radius 2 is 2.17 bits per heavy atom. The van der Waals surface area contributed by atoms with Gasteiger partial charge in [0.15, 0.2) is 0 Å². The summed E-state index contributed by atoms with van der Waals surface area (Å²) in [5, 5.41) is 10.6. The average molecular weight is 377 g/mol. The number of aromatic nitrogens is 4. The molecule has 2 rings (SSSR count). The van der Waals surface area contributed by atoms with Crippen LogP contribution in [0.2, 0.25) is 0 Å². The fraction of sp³-hybridized carbons (Fsp3) is 0.300. The van der Waals surface area contributed by atoms with Crippen LogP contribution in [0.4, 0.5) is 0 Å². The van der Waals surface area contributed by atoms with Gasteiger partial charge in [-0.3, -0.25) is 14.6 Å². The Kier molecular flexibility index (Phi) is 3.86. The summed E-state index contributed by atoms with van der Waals surface area (Å²) in [5.41, 5.74) is 1.37. The molecule has 0 aliphatic carbocycles. The van der Waals surface area contributed by atoms with Crippen LogP contribution < -0.4 is 0 Å². The van der Waals surface area contributed by atoms with E-state index in [0.717, 1.165) is 10.2 Å². The number of hydrogen-bond acceptors (Lipinski definition) is 3. The fourth-order valence-electron chi connectivity index (χ4n) is 1.52. The molecule has 0 saturated heterocycles. The van der Waals surface area contributed by atoms with Gasteiger partial charge in [-0.25, -0.2) is 0 Å². The molecule has 0 atom stereocenters. The number of aryl methyl sites for hydroxylation is 1. The van der Waals surface area contributed by atoms with Gasteiger partial charge < -0.3 is 4.90 Å². The molecule has 8 heteroatoms. The van der Waals surface area contributed by atoms with E-state index in [-0.39, 0.29) is 5.91 Å². The monoisotopic (exact) mass is 375 g/mol. The molecule has 6 nitrogen and oxygen atoms in total. The molecule has 0 aliphatic rings. The van der Waals surface area contributed by atoms with Crippen molar-refractivity contribution in [2.24, 2.45) is 7.05 Å². The molecule has 2 heterocycles. The van der Waals surface area contributed by atoms with Crippen molar-refractivity contribution < 1.29 is 4.79 Å². The highest BCUT2D eigenvalue weighted by Gasteiger charge is 2.19. The van der Waals surface area contributed by atoms with E-state index >= 15 is 0 Å². The first-order chi connectivity index (χ1) is 8.50. The van der Waals surface area contributed by atoms with Crippen molar-refractivity contribution in [1.82, 2.24) is 24.9 Å². The Morgan fingerprint density at radius 1 is 1.44 bits per heavy atom.